The number of amides is 1. The molecule has 0 saturated carbocycles. The second kappa shape index (κ2) is 3.76. The van der Waals surface area contributed by atoms with Crippen LogP contribution in [0, 0.1) is 5.92 Å². The average Bonchev–Trinajstić information content (AvgIpc) is 2.64. The molecule has 0 bridgehead atoms. The molecule has 0 aromatic carbocycles. The lowest BCUT2D eigenvalue weighted by Gasteiger charge is -2.49. The zero-order chi connectivity index (χ0) is 11.1. The summed E-state index contributed by atoms with van der Waals surface area (Å²) in [4.78, 5) is 13.7. The Labute approximate surface area is 90.6 Å². The fourth-order valence-electron chi connectivity index (χ4n) is 2.25. The van der Waals surface area contributed by atoms with Gasteiger partial charge in [0, 0.05) is 0 Å². The molecule has 2 heterocycles. The molecule has 0 aromatic rings. The predicted octanol–water partition coefficient (Wildman–Crippen LogP) is -0.0323. The highest BCUT2D eigenvalue weighted by Gasteiger charge is 2.47. The Morgan fingerprint density at radius 2 is 2.20 bits per heavy atom. The van der Waals surface area contributed by atoms with Crippen molar-refractivity contribution in [3.8, 4) is 0 Å². The van der Waals surface area contributed by atoms with Crippen LogP contribution in [0.25, 0.3) is 0 Å². The summed E-state index contributed by atoms with van der Waals surface area (Å²) in [5, 5.41) is 13.2. The van der Waals surface area contributed by atoms with Crippen molar-refractivity contribution in [2.75, 3.05) is 19.6 Å². The number of nitrogens with zero attached hydrogens (tertiary/aromatic N) is 1. The third kappa shape index (κ3) is 1.88. The van der Waals surface area contributed by atoms with Gasteiger partial charge in [-0.05, 0) is 25.3 Å². The van der Waals surface area contributed by atoms with Crippen LogP contribution in [0.15, 0.2) is 0 Å². The zero-order valence-electron chi connectivity index (χ0n) is 9.49. The molecule has 2 aliphatic heterocycles. The zero-order valence-corrected chi connectivity index (χ0v) is 9.49. The Kier molecular flexibility index (Phi) is 2.73. The average molecular weight is 212 g/mol. The first-order chi connectivity index (χ1) is 7.03. The van der Waals surface area contributed by atoms with E-state index in [4.69, 9.17) is 0 Å². The molecule has 2 aliphatic rings. The number of likely N-dealkylation sites (tertiary alicyclic amines) is 1. The third-order valence-corrected chi connectivity index (χ3v) is 3.67. The highest BCUT2D eigenvalue weighted by atomic mass is 16.3. The summed E-state index contributed by atoms with van der Waals surface area (Å²) in [6.07, 6.45) is 2.02. The molecule has 2 N–H and O–H groups in total. The highest BCUT2D eigenvalue weighted by molar-refractivity contribution is 5.83. The summed E-state index contributed by atoms with van der Waals surface area (Å²) in [7, 11) is 0. The molecule has 15 heavy (non-hydrogen) atoms. The van der Waals surface area contributed by atoms with E-state index in [0.717, 1.165) is 19.4 Å². The van der Waals surface area contributed by atoms with Gasteiger partial charge in [0.2, 0.25) is 5.91 Å². The smallest absolute Gasteiger partial charge is 0.239 e. The first-order valence-corrected chi connectivity index (χ1v) is 5.77. The number of β-amino-alcohol motifs (C(OH)–C–C–N with tert-alkyl or cyclic N) is 1. The van der Waals surface area contributed by atoms with Gasteiger partial charge >= 0.3 is 0 Å². The van der Waals surface area contributed by atoms with Crippen LogP contribution in [0.5, 0.6) is 0 Å². The minimum absolute atomic E-state index is 0.00159. The van der Waals surface area contributed by atoms with Crippen molar-refractivity contribution in [3.05, 3.63) is 0 Å². The maximum atomic E-state index is 11.9. The van der Waals surface area contributed by atoms with Gasteiger partial charge < -0.3 is 15.3 Å². The van der Waals surface area contributed by atoms with Gasteiger partial charge in [0.25, 0.3) is 0 Å². The van der Waals surface area contributed by atoms with Gasteiger partial charge in [-0.1, -0.05) is 13.8 Å². The van der Waals surface area contributed by atoms with Crippen LogP contribution in [0.2, 0.25) is 0 Å². The molecule has 2 fully saturated rings. The Bertz CT molecular complexity index is 253. The predicted molar refractivity (Wildman–Crippen MR) is 57.4 cm³/mol. The van der Waals surface area contributed by atoms with Crippen molar-refractivity contribution in [2.45, 2.75) is 38.3 Å². The van der Waals surface area contributed by atoms with Crippen LogP contribution >= 0.6 is 0 Å². The van der Waals surface area contributed by atoms with Crippen LogP contribution in [0.1, 0.15) is 26.7 Å². The molecule has 4 heteroatoms. The van der Waals surface area contributed by atoms with Crippen LogP contribution < -0.4 is 5.32 Å². The van der Waals surface area contributed by atoms with Crippen molar-refractivity contribution in [1.82, 2.24) is 10.2 Å². The van der Waals surface area contributed by atoms with E-state index in [0.29, 0.717) is 13.1 Å². The minimum atomic E-state index is -0.645. The number of carbonyl (C=O) groups is 1. The standard InChI is InChI=1S/C11H20N2O2/c1-8(2)11(15)6-13(7-11)10(14)9-4-3-5-12-9/h8-9,12,15H,3-7H2,1-2H3. The first kappa shape index (κ1) is 10.9. The normalized spacial score (nSPS) is 29.3. The molecule has 2 rings (SSSR count). The lowest BCUT2D eigenvalue weighted by Crippen LogP contribution is -2.67. The fourth-order valence-corrected chi connectivity index (χ4v) is 2.25. The van der Waals surface area contributed by atoms with Gasteiger partial charge in [-0.3, -0.25) is 4.79 Å². The summed E-state index contributed by atoms with van der Waals surface area (Å²) >= 11 is 0. The summed E-state index contributed by atoms with van der Waals surface area (Å²) in [6, 6.07) is 0.00159. The maximum absolute atomic E-state index is 11.9. The van der Waals surface area contributed by atoms with Crippen molar-refractivity contribution in [1.29, 1.82) is 0 Å². The Hall–Kier alpha value is -0.610. The van der Waals surface area contributed by atoms with E-state index in [1.54, 1.807) is 4.90 Å². The lowest BCUT2D eigenvalue weighted by molar-refractivity contribution is -0.165. The molecule has 1 unspecified atom stereocenters. The molecule has 0 aromatic heterocycles. The molecule has 0 radical (unpaired) electrons. The third-order valence-electron chi connectivity index (χ3n) is 3.67. The van der Waals surface area contributed by atoms with E-state index in [-0.39, 0.29) is 17.9 Å². The molecule has 0 spiro atoms. The van der Waals surface area contributed by atoms with E-state index < -0.39 is 5.60 Å². The van der Waals surface area contributed by atoms with E-state index in [9.17, 15) is 9.90 Å². The fraction of sp³-hybridized carbons (Fsp3) is 0.909. The summed E-state index contributed by atoms with van der Waals surface area (Å²) in [5.41, 5.74) is -0.645. The van der Waals surface area contributed by atoms with Crippen molar-refractivity contribution in [3.63, 3.8) is 0 Å². The number of hydrogen-bond acceptors (Lipinski definition) is 3. The van der Waals surface area contributed by atoms with Crippen LogP contribution in [0.4, 0.5) is 0 Å². The van der Waals surface area contributed by atoms with Gasteiger partial charge in [-0.25, -0.2) is 0 Å². The van der Waals surface area contributed by atoms with E-state index >= 15 is 0 Å². The van der Waals surface area contributed by atoms with Crippen LogP contribution in [0.3, 0.4) is 0 Å². The topological polar surface area (TPSA) is 52.6 Å². The van der Waals surface area contributed by atoms with Crippen LogP contribution in [-0.2, 0) is 4.79 Å². The summed E-state index contributed by atoms with van der Waals surface area (Å²) in [6.45, 7) is 5.94. The van der Waals surface area contributed by atoms with E-state index in [1.807, 2.05) is 13.8 Å². The SMILES string of the molecule is CC(C)C1(O)CN(C(=O)C2CCCN2)C1. The molecular formula is C11H20N2O2. The molecule has 2 saturated heterocycles. The van der Waals surface area contributed by atoms with Crippen molar-refractivity contribution >= 4 is 5.91 Å². The van der Waals surface area contributed by atoms with Crippen molar-refractivity contribution < 1.29 is 9.90 Å². The number of hydrogen-bond donors (Lipinski definition) is 2. The number of rotatable bonds is 2. The molecule has 1 atom stereocenters. The van der Waals surface area contributed by atoms with Crippen LogP contribution in [-0.4, -0.2) is 47.2 Å². The molecule has 1 amide bonds. The quantitative estimate of drug-likeness (QED) is 0.676. The minimum Gasteiger partial charge on any atom is -0.386 e. The number of carbonyl (C=O) groups excluding carboxylic acids is 1. The molecular weight excluding hydrogens is 192 g/mol. The first-order valence-electron chi connectivity index (χ1n) is 5.77. The van der Waals surface area contributed by atoms with Gasteiger partial charge in [0.05, 0.1) is 19.1 Å². The lowest BCUT2D eigenvalue weighted by atomic mass is 9.82. The number of aliphatic hydroxyl groups is 1. The monoisotopic (exact) mass is 212 g/mol. The Balaban J connectivity index is 1.86. The second-order valence-corrected chi connectivity index (χ2v) is 5.10. The Morgan fingerprint density at radius 1 is 1.53 bits per heavy atom. The number of nitrogens with one attached hydrogen (secondary N) is 1. The van der Waals surface area contributed by atoms with E-state index in [2.05, 4.69) is 5.32 Å². The molecule has 86 valence electrons. The molecule has 4 nitrogen and oxygen atoms in total. The van der Waals surface area contributed by atoms with Gasteiger partial charge in [-0.15, -0.1) is 0 Å². The largest absolute Gasteiger partial charge is 0.386 e. The molecule has 0 aliphatic carbocycles. The summed E-state index contributed by atoms with van der Waals surface area (Å²) in [5.74, 6) is 0.385. The van der Waals surface area contributed by atoms with Gasteiger partial charge in [0.1, 0.15) is 5.60 Å². The second-order valence-electron chi connectivity index (χ2n) is 5.10. The van der Waals surface area contributed by atoms with E-state index in [1.165, 1.54) is 0 Å². The Morgan fingerprint density at radius 3 is 2.67 bits per heavy atom. The van der Waals surface area contributed by atoms with Crippen molar-refractivity contribution in [2.24, 2.45) is 5.92 Å². The van der Waals surface area contributed by atoms with Gasteiger partial charge in [-0.2, -0.15) is 0 Å². The summed E-state index contributed by atoms with van der Waals surface area (Å²) < 4.78 is 0. The highest BCUT2D eigenvalue weighted by Crippen LogP contribution is 2.29. The van der Waals surface area contributed by atoms with Gasteiger partial charge in [0.15, 0.2) is 0 Å². The maximum Gasteiger partial charge on any atom is 0.239 e.